The molecule has 1 aromatic carbocycles. The van der Waals surface area contributed by atoms with E-state index in [1.807, 2.05) is 30.3 Å². The molecule has 0 aliphatic rings. The molecular weight excluding hydrogens is 210 g/mol. The average Bonchev–Trinajstić information content (AvgIpc) is 2.39. The topological polar surface area (TPSA) is 39.1 Å². The smallest absolute Gasteiger partial charge is 0.0837 e. The van der Waals surface area contributed by atoms with Crippen molar-refractivity contribution in [3.8, 4) is 6.07 Å². The largest absolute Gasteiger partial charge is 0.314 e. The first kappa shape index (κ1) is 13.7. The molecule has 0 fully saturated rings. The first-order valence-corrected chi connectivity index (χ1v) is 6.11. The molecule has 0 aromatic heterocycles. The molecule has 1 rings (SSSR count). The zero-order chi connectivity index (χ0) is 12.5. The van der Waals surface area contributed by atoms with Crippen LogP contribution in [-0.4, -0.2) is 38.1 Å². The zero-order valence-electron chi connectivity index (χ0n) is 10.7. The molecule has 0 aliphatic heterocycles. The number of nitriles is 1. The molecule has 1 N–H and O–H groups in total. The summed E-state index contributed by atoms with van der Waals surface area (Å²) in [5.74, 6) is -0.0527. The Morgan fingerprint density at radius 2 is 2.06 bits per heavy atom. The Balaban J connectivity index is 2.32. The number of nitrogens with zero attached hydrogens (tertiary/aromatic N) is 2. The summed E-state index contributed by atoms with van der Waals surface area (Å²) in [6.45, 7) is 5.86. The minimum atomic E-state index is -0.0527. The van der Waals surface area contributed by atoms with E-state index in [4.69, 9.17) is 5.26 Å². The molecule has 0 saturated carbocycles. The molecule has 0 bridgehead atoms. The van der Waals surface area contributed by atoms with Gasteiger partial charge in [-0.1, -0.05) is 37.3 Å². The van der Waals surface area contributed by atoms with Crippen LogP contribution in [0.25, 0.3) is 0 Å². The van der Waals surface area contributed by atoms with Gasteiger partial charge in [0.2, 0.25) is 0 Å². The highest BCUT2D eigenvalue weighted by Gasteiger charge is 2.08. The fourth-order valence-electron chi connectivity index (χ4n) is 1.60. The van der Waals surface area contributed by atoms with E-state index in [-0.39, 0.29) is 5.92 Å². The Hall–Kier alpha value is -1.37. The van der Waals surface area contributed by atoms with Gasteiger partial charge >= 0.3 is 0 Å². The summed E-state index contributed by atoms with van der Waals surface area (Å²) in [5.41, 5.74) is 1.09. The van der Waals surface area contributed by atoms with Crippen LogP contribution < -0.4 is 5.32 Å². The molecule has 17 heavy (non-hydrogen) atoms. The minimum Gasteiger partial charge on any atom is -0.314 e. The summed E-state index contributed by atoms with van der Waals surface area (Å²) >= 11 is 0. The molecule has 1 aromatic rings. The number of benzene rings is 1. The summed E-state index contributed by atoms with van der Waals surface area (Å²) in [7, 11) is 2.10. The Bertz CT molecular complexity index is 342. The number of hydrogen-bond acceptors (Lipinski definition) is 3. The molecular formula is C14H21N3. The fourth-order valence-corrected chi connectivity index (χ4v) is 1.60. The SMILES string of the molecule is CCN(C)CCNCC(C#N)c1ccccc1. The second-order valence-electron chi connectivity index (χ2n) is 4.19. The summed E-state index contributed by atoms with van der Waals surface area (Å²) < 4.78 is 0. The van der Waals surface area contributed by atoms with Crippen molar-refractivity contribution in [1.82, 2.24) is 10.2 Å². The van der Waals surface area contributed by atoms with E-state index in [1.165, 1.54) is 0 Å². The highest BCUT2D eigenvalue weighted by molar-refractivity contribution is 5.24. The van der Waals surface area contributed by atoms with Crippen LogP contribution in [0.4, 0.5) is 0 Å². The van der Waals surface area contributed by atoms with Gasteiger partial charge in [0, 0.05) is 19.6 Å². The predicted octanol–water partition coefficient (Wildman–Crippen LogP) is 1.84. The zero-order valence-corrected chi connectivity index (χ0v) is 10.7. The Labute approximate surface area is 104 Å². The van der Waals surface area contributed by atoms with Gasteiger partial charge in [-0.25, -0.2) is 0 Å². The number of likely N-dealkylation sites (N-methyl/N-ethyl adjacent to an activating group) is 1. The lowest BCUT2D eigenvalue weighted by Gasteiger charge is -2.15. The van der Waals surface area contributed by atoms with Crippen molar-refractivity contribution >= 4 is 0 Å². The summed E-state index contributed by atoms with van der Waals surface area (Å²) in [6.07, 6.45) is 0. The van der Waals surface area contributed by atoms with Gasteiger partial charge in [0.05, 0.1) is 12.0 Å². The molecule has 0 aliphatic carbocycles. The molecule has 0 amide bonds. The van der Waals surface area contributed by atoms with Gasteiger partial charge in [0.1, 0.15) is 0 Å². The van der Waals surface area contributed by atoms with Crippen molar-refractivity contribution in [3.63, 3.8) is 0 Å². The van der Waals surface area contributed by atoms with Crippen LogP contribution >= 0.6 is 0 Å². The van der Waals surface area contributed by atoms with Crippen molar-refractivity contribution < 1.29 is 0 Å². The van der Waals surface area contributed by atoms with E-state index in [1.54, 1.807) is 0 Å². The summed E-state index contributed by atoms with van der Waals surface area (Å²) in [6, 6.07) is 12.3. The summed E-state index contributed by atoms with van der Waals surface area (Å²) in [4.78, 5) is 2.25. The van der Waals surface area contributed by atoms with Gasteiger partial charge in [-0.2, -0.15) is 5.26 Å². The highest BCUT2D eigenvalue weighted by Crippen LogP contribution is 2.12. The molecule has 1 atom stereocenters. The first-order valence-electron chi connectivity index (χ1n) is 6.11. The van der Waals surface area contributed by atoms with Crippen LogP contribution in [0.5, 0.6) is 0 Å². The van der Waals surface area contributed by atoms with Crippen LogP contribution in [-0.2, 0) is 0 Å². The number of rotatable bonds is 7. The normalized spacial score (nSPS) is 12.4. The number of hydrogen-bond donors (Lipinski definition) is 1. The highest BCUT2D eigenvalue weighted by atomic mass is 15.1. The maximum atomic E-state index is 9.13. The van der Waals surface area contributed by atoms with E-state index < -0.39 is 0 Å². The van der Waals surface area contributed by atoms with E-state index in [9.17, 15) is 0 Å². The van der Waals surface area contributed by atoms with Crippen LogP contribution in [0.1, 0.15) is 18.4 Å². The van der Waals surface area contributed by atoms with Crippen LogP contribution in [0.15, 0.2) is 30.3 Å². The average molecular weight is 231 g/mol. The van der Waals surface area contributed by atoms with Gasteiger partial charge in [-0.3, -0.25) is 0 Å². The minimum absolute atomic E-state index is 0.0527. The monoisotopic (exact) mass is 231 g/mol. The predicted molar refractivity (Wildman–Crippen MR) is 70.8 cm³/mol. The molecule has 0 spiro atoms. The maximum Gasteiger partial charge on any atom is 0.0837 e. The number of nitrogens with one attached hydrogen (secondary N) is 1. The van der Waals surface area contributed by atoms with Gasteiger partial charge in [-0.15, -0.1) is 0 Å². The molecule has 3 nitrogen and oxygen atoms in total. The lowest BCUT2D eigenvalue weighted by molar-refractivity contribution is 0.349. The Kier molecular flexibility index (Phi) is 6.31. The third-order valence-electron chi connectivity index (χ3n) is 2.92. The second-order valence-corrected chi connectivity index (χ2v) is 4.19. The van der Waals surface area contributed by atoms with Crippen LogP contribution in [0, 0.1) is 11.3 Å². The Morgan fingerprint density at radius 1 is 1.35 bits per heavy atom. The van der Waals surface area contributed by atoms with E-state index in [0.29, 0.717) is 0 Å². The molecule has 0 heterocycles. The van der Waals surface area contributed by atoms with Crippen molar-refractivity contribution in [2.75, 3.05) is 33.2 Å². The molecule has 1 unspecified atom stereocenters. The van der Waals surface area contributed by atoms with Gasteiger partial charge < -0.3 is 10.2 Å². The van der Waals surface area contributed by atoms with Crippen LogP contribution in [0.2, 0.25) is 0 Å². The van der Waals surface area contributed by atoms with Gasteiger partial charge in [0.25, 0.3) is 0 Å². The van der Waals surface area contributed by atoms with E-state index in [2.05, 4.69) is 30.3 Å². The quantitative estimate of drug-likeness (QED) is 0.728. The lowest BCUT2D eigenvalue weighted by Crippen LogP contribution is -2.31. The molecule has 3 heteroatoms. The van der Waals surface area contributed by atoms with Crippen molar-refractivity contribution in [2.45, 2.75) is 12.8 Å². The third-order valence-corrected chi connectivity index (χ3v) is 2.92. The van der Waals surface area contributed by atoms with Crippen molar-refractivity contribution in [2.24, 2.45) is 0 Å². The van der Waals surface area contributed by atoms with E-state index in [0.717, 1.165) is 31.7 Å². The second kappa shape index (κ2) is 7.83. The standard InChI is InChI=1S/C14H21N3/c1-3-17(2)10-9-16-12-14(11-15)13-7-5-4-6-8-13/h4-8,14,16H,3,9-10,12H2,1-2H3. The van der Waals surface area contributed by atoms with Gasteiger partial charge in [0.15, 0.2) is 0 Å². The van der Waals surface area contributed by atoms with Crippen LogP contribution in [0.3, 0.4) is 0 Å². The molecule has 92 valence electrons. The first-order chi connectivity index (χ1) is 8.27. The Morgan fingerprint density at radius 3 is 2.65 bits per heavy atom. The van der Waals surface area contributed by atoms with Crippen molar-refractivity contribution in [3.05, 3.63) is 35.9 Å². The fraction of sp³-hybridized carbons (Fsp3) is 0.500. The van der Waals surface area contributed by atoms with E-state index >= 15 is 0 Å². The van der Waals surface area contributed by atoms with Gasteiger partial charge in [-0.05, 0) is 19.2 Å². The summed E-state index contributed by atoms with van der Waals surface area (Å²) in [5, 5.41) is 12.5. The van der Waals surface area contributed by atoms with Crippen molar-refractivity contribution in [1.29, 1.82) is 5.26 Å². The third kappa shape index (κ3) is 4.99. The molecule has 0 radical (unpaired) electrons. The lowest BCUT2D eigenvalue weighted by atomic mass is 10.0. The molecule has 0 saturated heterocycles. The maximum absolute atomic E-state index is 9.13.